The quantitative estimate of drug-likeness (QED) is 0.652. The molecule has 0 aromatic carbocycles. The van der Waals surface area contributed by atoms with E-state index in [4.69, 9.17) is 10.2 Å². The van der Waals surface area contributed by atoms with E-state index in [1.165, 1.54) is 0 Å². The minimum atomic E-state index is -1.11. The molecule has 0 fully saturated rings. The summed E-state index contributed by atoms with van der Waals surface area (Å²) >= 11 is 0. The van der Waals surface area contributed by atoms with Crippen molar-refractivity contribution in [1.82, 2.24) is 5.32 Å². The summed E-state index contributed by atoms with van der Waals surface area (Å²) in [7, 11) is 0. The highest BCUT2D eigenvalue weighted by molar-refractivity contribution is 5.83. The molecule has 0 aliphatic carbocycles. The van der Waals surface area contributed by atoms with Gasteiger partial charge in [-0.05, 0) is 11.3 Å². The third-order valence-corrected chi connectivity index (χ3v) is 3.02. The molecule has 100 valence electrons. The second-order valence-corrected chi connectivity index (χ2v) is 5.44. The zero-order chi connectivity index (χ0) is 13.6. The van der Waals surface area contributed by atoms with Crippen LogP contribution in [-0.2, 0) is 9.59 Å². The molecule has 0 heterocycles. The summed E-state index contributed by atoms with van der Waals surface area (Å²) in [5.41, 5.74) is 0.00698. The van der Waals surface area contributed by atoms with Gasteiger partial charge in [0.2, 0.25) is 5.91 Å². The maximum atomic E-state index is 11.6. The minimum absolute atomic E-state index is 0.00698. The molecule has 0 spiro atoms. The van der Waals surface area contributed by atoms with Crippen molar-refractivity contribution < 1.29 is 19.8 Å². The number of rotatable bonds is 6. The fourth-order valence-electron chi connectivity index (χ4n) is 1.22. The second kappa shape index (κ2) is 6.59. The Balaban J connectivity index is 4.29. The molecule has 0 saturated carbocycles. The van der Waals surface area contributed by atoms with Crippen LogP contribution >= 0.6 is 0 Å². The second-order valence-electron chi connectivity index (χ2n) is 5.44. The van der Waals surface area contributed by atoms with Gasteiger partial charge >= 0.3 is 5.97 Å². The highest BCUT2D eigenvalue weighted by atomic mass is 16.4. The Labute approximate surface area is 102 Å². The molecule has 0 bridgehead atoms. The van der Waals surface area contributed by atoms with Gasteiger partial charge in [0.05, 0.1) is 0 Å². The van der Waals surface area contributed by atoms with Crippen LogP contribution in [-0.4, -0.2) is 34.7 Å². The number of nitrogens with one attached hydrogen (secondary N) is 1. The third-order valence-electron chi connectivity index (χ3n) is 3.02. The van der Waals surface area contributed by atoms with Crippen LogP contribution in [0.5, 0.6) is 0 Å². The molecule has 5 heteroatoms. The van der Waals surface area contributed by atoms with Crippen molar-refractivity contribution in [2.75, 3.05) is 6.61 Å². The number of aliphatic hydroxyl groups excluding tert-OH is 1. The van der Waals surface area contributed by atoms with Crippen LogP contribution < -0.4 is 5.32 Å². The lowest BCUT2D eigenvalue weighted by atomic mass is 9.80. The van der Waals surface area contributed by atoms with Gasteiger partial charge in [0, 0.05) is 19.4 Å². The van der Waals surface area contributed by atoms with E-state index in [0.717, 1.165) is 0 Å². The lowest BCUT2D eigenvalue weighted by Gasteiger charge is -2.27. The van der Waals surface area contributed by atoms with Gasteiger partial charge in [-0.15, -0.1) is 0 Å². The Kier molecular flexibility index (Phi) is 6.16. The number of hydrogen-bond donors (Lipinski definition) is 3. The van der Waals surface area contributed by atoms with E-state index in [1.54, 1.807) is 0 Å². The third kappa shape index (κ3) is 6.26. The van der Waals surface area contributed by atoms with E-state index in [2.05, 4.69) is 5.32 Å². The molecule has 0 aliphatic heterocycles. The first-order chi connectivity index (χ1) is 7.68. The largest absolute Gasteiger partial charge is 0.480 e. The molecular formula is C12H23NO4. The summed E-state index contributed by atoms with van der Waals surface area (Å²) in [6.07, 6.45) is 0.323. The number of carboxylic acids is 1. The summed E-state index contributed by atoms with van der Waals surface area (Å²) in [5.74, 6) is -1.24. The molecule has 5 nitrogen and oxygen atoms in total. The summed E-state index contributed by atoms with van der Waals surface area (Å²) in [6, 6.07) is -1.00. The Morgan fingerprint density at radius 1 is 1.29 bits per heavy atom. The van der Waals surface area contributed by atoms with E-state index in [-0.39, 0.29) is 30.3 Å². The first-order valence-corrected chi connectivity index (χ1v) is 5.81. The minimum Gasteiger partial charge on any atom is -0.480 e. The van der Waals surface area contributed by atoms with E-state index in [1.807, 2.05) is 27.7 Å². The Bertz CT molecular complexity index is 270. The van der Waals surface area contributed by atoms with Gasteiger partial charge in [0.15, 0.2) is 0 Å². The molecule has 0 radical (unpaired) electrons. The molecule has 0 rings (SSSR count). The highest BCUT2D eigenvalue weighted by Gasteiger charge is 2.25. The van der Waals surface area contributed by atoms with Gasteiger partial charge < -0.3 is 15.5 Å². The van der Waals surface area contributed by atoms with E-state index >= 15 is 0 Å². The van der Waals surface area contributed by atoms with Gasteiger partial charge in [-0.25, -0.2) is 4.79 Å². The lowest BCUT2D eigenvalue weighted by molar-refractivity contribution is -0.142. The highest BCUT2D eigenvalue weighted by Crippen LogP contribution is 2.27. The Hall–Kier alpha value is -1.10. The summed E-state index contributed by atoms with van der Waals surface area (Å²) in [5, 5.41) is 19.9. The lowest BCUT2D eigenvalue weighted by Crippen LogP contribution is -2.42. The van der Waals surface area contributed by atoms with Crippen molar-refractivity contribution in [3.8, 4) is 0 Å². The van der Waals surface area contributed by atoms with Gasteiger partial charge in [0.25, 0.3) is 0 Å². The molecular weight excluding hydrogens is 222 g/mol. The fourth-order valence-corrected chi connectivity index (χ4v) is 1.22. The standard InChI is InChI=1S/C12H23NO4/c1-8(12(2,3)4)7-10(15)13-9(5-6-14)11(16)17/h8-9,14H,5-7H2,1-4H3,(H,13,15)(H,16,17). The van der Waals surface area contributed by atoms with Crippen LogP contribution in [0.25, 0.3) is 0 Å². The monoisotopic (exact) mass is 245 g/mol. The Morgan fingerprint density at radius 2 is 1.82 bits per heavy atom. The molecule has 0 aliphatic rings. The van der Waals surface area contributed by atoms with Gasteiger partial charge in [0.1, 0.15) is 6.04 Å². The summed E-state index contributed by atoms with van der Waals surface area (Å²) in [6.45, 7) is 7.81. The maximum Gasteiger partial charge on any atom is 0.326 e. The van der Waals surface area contributed by atoms with Crippen molar-refractivity contribution in [2.45, 2.75) is 46.6 Å². The summed E-state index contributed by atoms with van der Waals surface area (Å²) < 4.78 is 0. The molecule has 0 saturated heterocycles. The number of aliphatic hydroxyl groups is 1. The SMILES string of the molecule is CC(CC(=O)NC(CCO)C(=O)O)C(C)(C)C. The van der Waals surface area contributed by atoms with Crippen LogP contribution in [0.4, 0.5) is 0 Å². The molecule has 2 unspecified atom stereocenters. The zero-order valence-electron chi connectivity index (χ0n) is 11.0. The number of carbonyl (C=O) groups is 2. The van der Waals surface area contributed by atoms with Gasteiger partial charge in [-0.1, -0.05) is 27.7 Å². The predicted octanol–water partition coefficient (Wildman–Crippen LogP) is 1.01. The van der Waals surface area contributed by atoms with Crippen LogP contribution in [0.2, 0.25) is 0 Å². The zero-order valence-corrected chi connectivity index (χ0v) is 11.0. The topological polar surface area (TPSA) is 86.6 Å². The predicted molar refractivity (Wildman–Crippen MR) is 64.5 cm³/mol. The van der Waals surface area contributed by atoms with Gasteiger partial charge in [-0.2, -0.15) is 0 Å². The molecule has 0 aromatic rings. The number of carboxylic acid groups (broad SMARTS) is 1. The van der Waals surface area contributed by atoms with Crippen LogP contribution in [0, 0.1) is 11.3 Å². The van der Waals surface area contributed by atoms with E-state index in [0.29, 0.717) is 6.42 Å². The fraction of sp³-hybridized carbons (Fsp3) is 0.833. The van der Waals surface area contributed by atoms with Crippen LogP contribution in [0.1, 0.15) is 40.5 Å². The van der Waals surface area contributed by atoms with E-state index < -0.39 is 12.0 Å². The van der Waals surface area contributed by atoms with Crippen molar-refractivity contribution in [2.24, 2.45) is 11.3 Å². The van der Waals surface area contributed by atoms with Gasteiger partial charge in [-0.3, -0.25) is 4.79 Å². The molecule has 17 heavy (non-hydrogen) atoms. The first kappa shape index (κ1) is 15.9. The van der Waals surface area contributed by atoms with Crippen LogP contribution in [0.15, 0.2) is 0 Å². The number of aliphatic carboxylic acids is 1. The van der Waals surface area contributed by atoms with Crippen molar-refractivity contribution in [3.63, 3.8) is 0 Å². The van der Waals surface area contributed by atoms with Crippen LogP contribution in [0.3, 0.4) is 0 Å². The molecule has 3 N–H and O–H groups in total. The number of amides is 1. The average molecular weight is 245 g/mol. The van der Waals surface area contributed by atoms with Crippen molar-refractivity contribution in [3.05, 3.63) is 0 Å². The Morgan fingerprint density at radius 3 is 2.18 bits per heavy atom. The van der Waals surface area contributed by atoms with Crippen molar-refractivity contribution in [1.29, 1.82) is 0 Å². The summed E-state index contributed by atoms with van der Waals surface area (Å²) in [4.78, 5) is 22.4. The average Bonchev–Trinajstić information content (AvgIpc) is 2.15. The molecule has 1 amide bonds. The first-order valence-electron chi connectivity index (χ1n) is 5.81. The maximum absolute atomic E-state index is 11.6. The van der Waals surface area contributed by atoms with Crippen molar-refractivity contribution >= 4 is 11.9 Å². The molecule has 0 aromatic heterocycles. The number of carbonyl (C=O) groups excluding carboxylic acids is 1. The smallest absolute Gasteiger partial charge is 0.326 e. The number of hydrogen-bond acceptors (Lipinski definition) is 3. The van der Waals surface area contributed by atoms with E-state index in [9.17, 15) is 9.59 Å². The normalized spacial score (nSPS) is 15.1. The molecule has 2 atom stereocenters.